The Kier molecular flexibility index (Phi) is 5.72. The fourth-order valence-corrected chi connectivity index (χ4v) is 3.20. The maximum absolute atomic E-state index is 13.0. The molecule has 7 nitrogen and oxygen atoms in total. The molecule has 0 spiro atoms. The van der Waals surface area contributed by atoms with Crippen LogP contribution in [-0.2, 0) is 23.9 Å². The average molecular weight is 445 g/mol. The molecule has 0 saturated carbocycles. The molecule has 2 heterocycles. The number of halogens is 4. The fourth-order valence-electron chi connectivity index (χ4n) is 2.98. The minimum atomic E-state index is -4.66. The molecule has 2 amide bonds. The van der Waals surface area contributed by atoms with Crippen molar-refractivity contribution in [2.45, 2.75) is 45.5 Å². The summed E-state index contributed by atoms with van der Waals surface area (Å²) >= 11 is 5.60. The normalized spacial score (nSPS) is 14.3. The number of alkyl halides is 3. The minimum absolute atomic E-state index is 0.00164. The number of ether oxygens (including phenoxy) is 1. The topological polar surface area (TPSA) is 87.3 Å². The number of anilines is 1. The van der Waals surface area contributed by atoms with Crippen molar-refractivity contribution < 1.29 is 27.5 Å². The molecule has 0 radical (unpaired) electrons. The number of carbonyl (C=O) groups excluding carboxylic acids is 2. The highest BCUT2D eigenvalue weighted by atomic mass is 35.5. The quantitative estimate of drug-likeness (QED) is 0.707. The number of fused-ring (bicyclic) bond motifs is 1. The molecule has 0 atom stereocenters. The minimum Gasteiger partial charge on any atom is -0.444 e. The first kappa shape index (κ1) is 21.9. The first-order valence-electron chi connectivity index (χ1n) is 9.07. The molecule has 11 heteroatoms. The third kappa shape index (κ3) is 4.86. The van der Waals surface area contributed by atoms with E-state index in [-0.39, 0.29) is 17.9 Å². The van der Waals surface area contributed by atoms with E-state index in [9.17, 15) is 22.8 Å². The van der Waals surface area contributed by atoms with Gasteiger partial charge in [0.05, 0.1) is 17.1 Å². The van der Waals surface area contributed by atoms with Crippen LogP contribution >= 0.6 is 11.6 Å². The SMILES string of the molecule is CC(C)(C)OC(=O)N1CCc2[nH]nc(C(=O)Nc3ccc(Cl)c(C(F)(F)F)c3)c2C1. The van der Waals surface area contributed by atoms with Gasteiger partial charge in [0.1, 0.15) is 5.60 Å². The summed E-state index contributed by atoms with van der Waals surface area (Å²) in [5, 5.41) is 8.68. The van der Waals surface area contributed by atoms with Gasteiger partial charge < -0.3 is 15.0 Å². The van der Waals surface area contributed by atoms with Gasteiger partial charge in [0, 0.05) is 29.9 Å². The van der Waals surface area contributed by atoms with Crippen LogP contribution in [0.1, 0.15) is 48.1 Å². The zero-order valence-electron chi connectivity index (χ0n) is 16.5. The number of nitrogens with one attached hydrogen (secondary N) is 2. The van der Waals surface area contributed by atoms with Crippen LogP contribution in [0, 0.1) is 0 Å². The van der Waals surface area contributed by atoms with E-state index in [0.717, 1.165) is 12.1 Å². The first-order valence-corrected chi connectivity index (χ1v) is 9.45. The lowest BCUT2D eigenvalue weighted by Crippen LogP contribution is -2.40. The Morgan fingerprint density at radius 2 is 1.97 bits per heavy atom. The Balaban J connectivity index is 1.79. The van der Waals surface area contributed by atoms with Crippen LogP contribution in [0.5, 0.6) is 0 Å². The Labute approximate surface area is 175 Å². The number of benzene rings is 1. The van der Waals surface area contributed by atoms with Crippen LogP contribution < -0.4 is 5.32 Å². The number of aromatic nitrogens is 2. The summed E-state index contributed by atoms with van der Waals surface area (Å²) in [5.41, 5.74) is -0.613. The molecule has 0 aliphatic carbocycles. The lowest BCUT2D eigenvalue weighted by atomic mass is 10.1. The number of hydrogen-bond donors (Lipinski definition) is 2. The number of rotatable bonds is 2. The van der Waals surface area contributed by atoms with Crippen LogP contribution in [0.25, 0.3) is 0 Å². The van der Waals surface area contributed by atoms with Gasteiger partial charge >= 0.3 is 12.3 Å². The van der Waals surface area contributed by atoms with E-state index in [4.69, 9.17) is 16.3 Å². The lowest BCUT2D eigenvalue weighted by molar-refractivity contribution is -0.137. The van der Waals surface area contributed by atoms with Gasteiger partial charge in [0.2, 0.25) is 0 Å². The molecule has 2 aromatic rings. The molecule has 1 aliphatic heterocycles. The van der Waals surface area contributed by atoms with E-state index in [2.05, 4.69) is 15.5 Å². The van der Waals surface area contributed by atoms with Crippen LogP contribution in [0.15, 0.2) is 18.2 Å². The predicted octanol–water partition coefficient (Wildman–Crippen LogP) is 4.63. The number of hydrogen-bond acceptors (Lipinski definition) is 4. The standard InChI is InChI=1S/C19H20ClF3N4O3/c1-18(2,3)30-17(29)27-7-6-14-11(9-27)15(26-25-14)16(28)24-10-4-5-13(20)12(8-10)19(21,22)23/h4-5,8H,6-7,9H2,1-3H3,(H,24,28)(H,25,26). The summed E-state index contributed by atoms with van der Waals surface area (Å²) in [6.45, 7) is 5.73. The molecule has 1 aromatic carbocycles. The van der Waals surface area contributed by atoms with Gasteiger partial charge in [-0.15, -0.1) is 0 Å². The molecular formula is C19H20ClF3N4O3. The number of aromatic amines is 1. The monoisotopic (exact) mass is 444 g/mol. The number of H-pyrrole nitrogens is 1. The molecule has 0 fully saturated rings. The third-order valence-corrected chi connectivity index (χ3v) is 4.66. The second kappa shape index (κ2) is 7.82. The second-order valence-electron chi connectivity index (χ2n) is 7.83. The summed E-state index contributed by atoms with van der Waals surface area (Å²) in [7, 11) is 0. The van der Waals surface area contributed by atoms with Crippen molar-refractivity contribution in [2.24, 2.45) is 0 Å². The molecule has 3 rings (SSSR count). The molecule has 162 valence electrons. The van der Waals surface area contributed by atoms with Crippen molar-refractivity contribution in [3.8, 4) is 0 Å². The first-order chi connectivity index (χ1) is 13.8. The van der Waals surface area contributed by atoms with E-state index < -0.39 is 34.4 Å². The Hall–Kier alpha value is -2.75. The summed E-state index contributed by atoms with van der Waals surface area (Å²) in [5.74, 6) is -0.700. The molecule has 0 unspecified atom stereocenters. The van der Waals surface area contributed by atoms with Crippen molar-refractivity contribution in [3.05, 3.63) is 45.7 Å². The molecule has 0 saturated heterocycles. The van der Waals surface area contributed by atoms with Gasteiger partial charge in [-0.25, -0.2) is 4.79 Å². The van der Waals surface area contributed by atoms with Crippen molar-refractivity contribution in [1.82, 2.24) is 15.1 Å². The van der Waals surface area contributed by atoms with Gasteiger partial charge in [0.25, 0.3) is 5.91 Å². The molecule has 1 aliphatic rings. The third-order valence-electron chi connectivity index (χ3n) is 4.33. The van der Waals surface area contributed by atoms with Crippen molar-refractivity contribution >= 4 is 29.3 Å². The van der Waals surface area contributed by atoms with Crippen molar-refractivity contribution in [1.29, 1.82) is 0 Å². The molecular weight excluding hydrogens is 425 g/mol. The highest BCUT2D eigenvalue weighted by molar-refractivity contribution is 6.31. The summed E-state index contributed by atoms with van der Waals surface area (Å²) in [6, 6.07) is 3.08. The van der Waals surface area contributed by atoms with Gasteiger partial charge in [-0.05, 0) is 39.0 Å². The second-order valence-corrected chi connectivity index (χ2v) is 8.23. The zero-order valence-corrected chi connectivity index (χ0v) is 17.2. The molecule has 30 heavy (non-hydrogen) atoms. The maximum Gasteiger partial charge on any atom is 0.417 e. The Bertz CT molecular complexity index is 982. The van der Waals surface area contributed by atoms with Gasteiger partial charge in [-0.3, -0.25) is 9.89 Å². The average Bonchev–Trinajstić information content (AvgIpc) is 3.04. The Morgan fingerprint density at radius 1 is 1.27 bits per heavy atom. The van der Waals surface area contributed by atoms with Crippen LogP contribution in [-0.4, -0.2) is 39.2 Å². The van der Waals surface area contributed by atoms with Crippen LogP contribution in [0.3, 0.4) is 0 Å². The van der Waals surface area contributed by atoms with E-state index in [1.54, 1.807) is 20.8 Å². The maximum atomic E-state index is 13.0. The van der Waals surface area contributed by atoms with Crippen LogP contribution in [0.4, 0.5) is 23.7 Å². The largest absolute Gasteiger partial charge is 0.444 e. The van der Waals surface area contributed by atoms with E-state index in [1.165, 1.54) is 11.0 Å². The fraction of sp³-hybridized carbons (Fsp3) is 0.421. The number of carbonyl (C=O) groups is 2. The van der Waals surface area contributed by atoms with E-state index in [0.29, 0.717) is 24.2 Å². The molecule has 0 bridgehead atoms. The van der Waals surface area contributed by atoms with Crippen LogP contribution in [0.2, 0.25) is 5.02 Å². The predicted molar refractivity (Wildman–Crippen MR) is 103 cm³/mol. The smallest absolute Gasteiger partial charge is 0.417 e. The van der Waals surface area contributed by atoms with E-state index in [1.807, 2.05) is 0 Å². The van der Waals surface area contributed by atoms with Gasteiger partial charge in [0.15, 0.2) is 5.69 Å². The Morgan fingerprint density at radius 3 is 2.60 bits per heavy atom. The van der Waals surface area contributed by atoms with Crippen molar-refractivity contribution in [2.75, 3.05) is 11.9 Å². The molecule has 1 aromatic heterocycles. The lowest BCUT2D eigenvalue weighted by Gasteiger charge is -2.30. The highest BCUT2D eigenvalue weighted by Gasteiger charge is 2.34. The zero-order chi connectivity index (χ0) is 22.3. The molecule has 2 N–H and O–H groups in total. The van der Waals surface area contributed by atoms with Crippen molar-refractivity contribution in [3.63, 3.8) is 0 Å². The van der Waals surface area contributed by atoms with E-state index >= 15 is 0 Å². The summed E-state index contributed by atoms with van der Waals surface area (Å²) in [4.78, 5) is 26.4. The summed E-state index contributed by atoms with van der Waals surface area (Å²) < 4.78 is 44.5. The highest BCUT2D eigenvalue weighted by Crippen LogP contribution is 2.36. The number of amides is 2. The van der Waals surface area contributed by atoms with Gasteiger partial charge in [-0.1, -0.05) is 11.6 Å². The number of nitrogens with zero attached hydrogens (tertiary/aromatic N) is 2. The summed E-state index contributed by atoms with van der Waals surface area (Å²) in [6.07, 6.45) is -4.74. The van der Waals surface area contributed by atoms with Gasteiger partial charge in [-0.2, -0.15) is 18.3 Å².